The van der Waals surface area contributed by atoms with Crippen molar-refractivity contribution in [3.63, 3.8) is 0 Å². The highest BCUT2D eigenvalue weighted by atomic mass is 32.1. The van der Waals surface area contributed by atoms with Crippen molar-refractivity contribution in [2.75, 3.05) is 40.5 Å². The Morgan fingerprint density at radius 3 is 2.38 bits per heavy atom. The average Bonchev–Trinajstić information content (AvgIpc) is 3.38. The minimum atomic E-state index is -0.222. The summed E-state index contributed by atoms with van der Waals surface area (Å²) in [6.45, 7) is 9.80. The van der Waals surface area contributed by atoms with Gasteiger partial charge >= 0.3 is 0 Å². The number of rotatable bonds is 16. The first-order chi connectivity index (χ1) is 19.4. The first kappa shape index (κ1) is 30.8. The Kier molecular flexibility index (Phi) is 12.1. The number of amides is 2. The van der Waals surface area contributed by atoms with Gasteiger partial charge in [0.05, 0.1) is 27.4 Å². The number of carbonyl (C=O) groups excluding carboxylic acids is 2. The van der Waals surface area contributed by atoms with Crippen molar-refractivity contribution < 1.29 is 23.8 Å². The second-order valence-corrected chi connectivity index (χ2v) is 10.5. The van der Waals surface area contributed by atoms with E-state index in [4.69, 9.17) is 14.2 Å². The molecule has 0 bridgehead atoms. The first-order valence-corrected chi connectivity index (χ1v) is 14.4. The molecule has 0 atom stereocenters. The summed E-state index contributed by atoms with van der Waals surface area (Å²) in [4.78, 5) is 31.6. The maximum Gasteiger partial charge on any atom is 0.254 e. The van der Waals surface area contributed by atoms with Crippen LogP contribution in [0.15, 0.2) is 66.6 Å². The maximum atomic E-state index is 13.7. The van der Waals surface area contributed by atoms with Gasteiger partial charge in [0.25, 0.3) is 5.91 Å². The van der Waals surface area contributed by atoms with E-state index in [0.717, 1.165) is 34.6 Å². The third kappa shape index (κ3) is 8.61. The van der Waals surface area contributed by atoms with Gasteiger partial charge in [-0.05, 0) is 78.7 Å². The third-order valence-corrected chi connectivity index (χ3v) is 7.61. The van der Waals surface area contributed by atoms with Gasteiger partial charge in [0, 0.05) is 23.5 Å². The molecule has 0 unspecified atom stereocenters. The molecule has 2 amide bonds. The van der Waals surface area contributed by atoms with Crippen LogP contribution in [-0.2, 0) is 17.8 Å². The van der Waals surface area contributed by atoms with Crippen molar-refractivity contribution >= 4 is 23.2 Å². The van der Waals surface area contributed by atoms with Crippen LogP contribution < -0.4 is 14.2 Å². The van der Waals surface area contributed by atoms with Gasteiger partial charge in [0.15, 0.2) is 11.5 Å². The zero-order valence-electron chi connectivity index (χ0n) is 24.0. The van der Waals surface area contributed by atoms with Crippen molar-refractivity contribution in [1.82, 2.24) is 9.80 Å². The van der Waals surface area contributed by atoms with Gasteiger partial charge in [-0.25, -0.2) is 0 Å². The molecule has 8 heteroatoms. The summed E-state index contributed by atoms with van der Waals surface area (Å²) < 4.78 is 16.5. The number of methoxy groups -OCH3 is 2. The molecule has 214 valence electrons. The SMILES string of the molecule is C=CCN(CC(=O)N(CCc1ccc(OC)c(OC)c1)Cc1sccc1C)C(=O)c1ccc(OCCCC)cc1. The number of ether oxygens (including phenoxy) is 3. The number of carbonyl (C=O) groups is 2. The van der Waals surface area contributed by atoms with Crippen LogP contribution in [0.4, 0.5) is 0 Å². The molecule has 0 spiro atoms. The number of nitrogens with zero attached hydrogens (tertiary/aromatic N) is 2. The lowest BCUT2D eigenvalue weighted by Crippen LogP contribution is -2.43. The van der Waals surface area contributed by atoms with Crippen LogP contribution in [-0.4, -0.2) is 62.1 Å². The molecule has 0 radical (unpaired) electrons. The fourth-order valence-corrected chi connectivity index (χ4v) is 5.10. The Labute approximate surface area is 242 Å². The fraction of sp³-hybridized carbons (Fsp3) is 0.375. The van der Waals surface area contributed by atoms with Crippen molar-refractivity contribution in [3.8, 4) is 17.2 Å². The predicted molar refractivity (Wildman–Crippen MR) is 161 cm³/mol. The lowest BCUT2D eigenvalue weighted by atomic mass is 10.1. The van der Waals surface area contributed by atoms with Crippen LogP contribution in [0.3, 0.4) is 0 Å². The summed E-state index contributed by atoms with van der Waals surface area (Å²) in [7, 11) is 3.21. The highest BCUT2D eigenvalue weighted by Crippen LogP contribution is 2.28. The normalized spacial score (nSPS) is 10.6. The highest BCUT2D eigenvalue weighted by Gasteiger charge is 2.23. The Balaban J connectivity index is 1.74. The average molecular weight is 565 g/mol. The van der Waals surface area contributed by atoms with Gasteiger partial charge in [-0.15, -0.1) is 17.9 Å². The van der Waals surface area contributed by atoms with Gasteiger partial charge in [-0.3, -0.25) is 9.59 Å². The zero-order valence-corrected chi connectivity index (χ0v) is 24.8. The van der Waals surface area contributed by atoms with Crippen LogP contribution in [0, 0.1) is 6.92 Å². The van der Waals surface area contributed by atoms with E-state index in [2.05, 4.69) is 19.6 Å². The summed E-state index contributed by atoms with van der Waals surface area (Å²) in [5.74, 6) is 1.69. The molecular formula is C32H40N2O5S. The van der Waals surface area contributed by atoms with Crippen LogP contribution in [0.1, 0.15) is 46.1 Å². The van der Waals surface area contributed by atoms with Gasteiger partial charge < -0.3 is 24.0 Å². The second kappa shape index (κ2) is 15.7. The minimum Gasteiger partial charge on any atom is -0.494 e. The summed E-state index contributed by atoms with van der Waals surface area (Å²) in [5, 5.41) is 2.03. The number of thiophene rings is 1. The van der Waals surface area contributed by atoms with E-state index in [9.17, 15) is 9.59 Å². The molecule has 1 heterocycles. The standard InChI is InChI=1S/C32H40N2O5S/c1-6-8-19-39-27-12-10-26(11-13-27)32(36)34(17-7-2)23-31(35)33(22-30-24(3)16-20-40-30)18-15-25-9-14-28(37-4)29(21-25)38-5/h7,9-14,16,20-21H,2,6,8,15,17-19,22-23H2,1,3-5H3. The quantitative estimate of drug-likeness (QED) is 0.154. The molecule has 40 heavy (non-hydrogen) atoms. The summed E-state index contributed by atoms with van der Waals surface area (Å²) in [5.41, 5.74) is 2.68. The van der Waals surface area contributed by atoms with Gasteiger partial charge in [-0.2, -0.15) is 0 Å². The molecule has 1 aromatic heterocycles. The molecule has 3 rings (SSSR count). The molecular weight excluding hydrogens is 524 g/mol. The largest absolute Gasteiger partial charge is 0.494 e. The molecule has 7 nitrogen and oxygen atoms in total. The Hall–Kier alpha value is -3.78. The molecule has 0 saturated carbocycles. The summed E-state index contributed by atoms with van der Waals surface area (Å²) >= 11 is 1.63. The van der Waals surface area contributed by atoms with E-state index in [1.54, 1.807) is 55.9 Å². The van der Waals surface area contributed by atoms with Crippen LogP contribution >= 0.6 is 11.3 Å². The van der Waals surface area contributed by atoms with Crippen molar-refractivity contribution in [2.24, 2.45) is 0 Å². The zero-order chi connectivity index (χ0) is 28.9. The van der Waals surface area contributed by atoms with Crippen LogP contribution in [0.2, 0.25) is 0 Å². The molecule has 3 aromatic rings. The monoisotopic (exact) mass is 564 g/mol. The van der Waals surface area contributed by atoms with E-state index in [1.807, 2.05) is 35.4 Å². The molecule has 0 N–H and O–H groups in total. The van der Waals surface area contributed by atoms with Crippen LogP contribution in [0.25, 0.3) is 0 Å². The van der Waals surface area contributed by atoms with E-state index in [1.165, 1.54) is 4.90 Å². The smallest absolute Gasteiger partial charge is 0.254 e. The number of hydrogen-bond acceptors (Lipinski definition) is 6. The van der Waals surface area contributed by atoms with Gasteiger partial charge in [0.2, 0.25) is 5.91 Å². The molecule has 0 aliphatic rings. The number of benzene rings is 2. The number of hydrogen-bond donors (Lipinski definition) is 0. The molecule has 0 aliphatic heterocycles. The molecule has 0 fully saturated rings. The van der Waals surface area contributed by atoms with E-state index < -0.39 is 0 Å². The highest BCUT2D eigenvalue weighted by molar-refractivity contribution is 7.10. The van der Waals surface area contributed by atoms with Crippen molar-refractivity contribution in [2.45, 2.75) is 39.7 Å². The number of unbranched alkanes of at least 4 members (excludes halogenated alkanes) is 1. The minimum absolute atomic E-state index is 0.0457. The Bertz CT molecular complexity index is 1250. The maximum absolute atomic E-state index is 13.7. The summed E-state index contributed by atoms with van der Waals surface area (Å²) in [6, 6.07) is 14.9. The Morgan fingerprint density at radius 1 is 1.00 bits per heavy atom. The third-order valence-electron chi connectivity index (χ3n) is 6.60. The Morgan fingerprint density at radius 2 is 1.75 bits per heavy atom. The molecule has 2 aromatic carbocycles. The first-order valence-electron chi connectivity index (χ1n) is 13.5. The molecule has 0 aliphatic carbocycles. The van der Waals surface area contributed by atoms with E-state index >= 15 is 0 Å². The van der Waals surface area contributed by atoms with Crippen molar-refractivity contribution in [1.29, 1.82) is 0 Å². The molecule has 0 saturated heterocycles. The lowest BCUT2D eigenvalue weighted by molar-refractivity contribution is -0.132. The van der Waals surface area contributed by atoms with E-state index in [0.29, 0.717) is 43.2 Å². The predicted octanol–water partition coefficient (Wildman–Crippen LogP) is 6.15. The van der Waals surface area contributed by atoms with Gasteiger partial charge in [0.1, 0.15) is 12.3 Å². The van der Waals surface area contributed by atoms with Crippen molar-refractivity contribution in [3.05, 3.63) is 88.1 Å². The fourth-order valence-electron chi connectivity index (χ4n) is 4.18. The number of aryl methyl sites for hydroxylation is 1. The summed E-state index contributed by atoms with van der Waals surface area (Å²) in [6.07, 6.45) is 4.30. The van der Waals surface area contributed by atoms with Crippen LogP contribution in [0.5, 0.6) is 17.2 Å². The van der Waals surface area contributed by atoms with E-state index in [-0.39, 0.29) is 24.9 Å². The lowest BCUT2D eigenvalue weighted by Gasteiger charge is -2.27. The second-order valence-electron chi connectivity index (χ2n) is 9.48. The topological polar surface area (TPSA) is 68.3 Å². The van der Waals surface area contributed by atoms with Gasteiger partial charge in [-0.1, -0.05) is 25.5 Å².